The second kappa shape index (κ2) is 6.82. The first-order chi connectivity index (χ1) is 10.5. The highest BCUT2D eigenvalue weighted by Gasteiger charge is 2.22. The van der Waals surface area contributed by atoms with Gasteiger partial charge in [-0.25, -0.2) is 17.7 Å². The van der Waals surface area contributed by atoms with Gasteiger partial charge < -0.3 is 4.90 Å². The van der Waals surface area contributed by atoms with Gasteiger partial charge in [-0.2, -0.15) is 0 Å². The molecule has 0 spiro atoms. The molecule has 124 valence electrons. The fourth-order valence-electron chi connectivity index (χ4n) is 3.08. The molecule has 1 aromatic rings. The number of sulfonamides is 1. The molecule has 2 aliphatic heterocycles. The summed E-state index contributed by atoms with van der Waals surface area (Å²) in [5.74, 6) is 0. The van der Waals surface area contributed by atoms with Crippen LogP contribution in [-0.4, -0.2) is 68.1 Å². The molecule has 0 aliphatic carbocycles. The third kappa shape index (κ3) is 3.98. The molecular weight excluding hydrogens is 320 g/mol. The van der Waals surface area contributed by atoms with Gasteiger partial charge in [0.1, 0.15) is 0 Å². The zero-order chi connectivity index (χ0) is 15.6. The van der Waals surface area contributed by atoms with E-state index in [0.717, 1.165) is 44.3 Å². The topological polar surface area (TPSA) is 56.8 Å². The lowest BCUT2D eigenvalue weighted by Gasteiger charge is -2.19. The van der Waals surface area contributed by atoms with Crippen LogP contribution in [0, 0.1) is 0 Å². The Morgan fingerprint density at radius 1 is 1.09 bits per heavy atom. The van der Waals surface area contributed by atoms with Crippen LogP contribution in [-0.2, 0) is 16.6 Å². The first kappa shape index (κ1) is 16.2. The number of hydrogen-bond acceptors (Lipinski definition) is 6. The number of anilines is 1. The predicted molar refractivity (Wildman–Crippen MR) is 89.9 cm³/mol. The van der Waals surface area contributed by atoms with Gasteiger partial charge in [0.05, 0.1) is 6.26 Å². The van der Waals surface area contributed by atoms with E-state index in [1.165, 1.54) is 24.0 Å². The van der Waals surface area contributed by atoms with Crippen molar-refractivity contribution < 1.29 is 8.42 Å². The van der Waals surface area contributed by atoms with E-state index in [-0.39, 0.29) is 0 Å². The largest absolute Gasteiger partial charge is 0.348 e. The minimum Gasteiger partial charge on any atom is -0.348 e. The second-order valence-corrected chi connectivity index (χ2v) is 9.17. The van der Waals surface area contributed by atoms with Gasteiger partial charge in [-0.1, -0.05) is 0 Å². The van der Waals surface area contributed by atoms with E-state index in [2.05, 4.69) is 14.8 Å². The maximum Gasteiger partial charge on any atom is 0.211 e. The molecule has 2 fully saturated rings. The summed E-state index contributed by atoms with van der Waals surface area (Å²) in [6.45, 7) is 6.10. The summed E-state index contributed by atoms with van der Waals surface area (Å²) in [5.41, 5.74) is 0. The van der Waals surface area contributed by atoms with E-state index < -0.39 is 10.0 Å². The standard InChI is InChI=1S/C14H24N4O2S2/c1-22(19,20)18-8-4-5-16(9-10-18)12-13-11-15-14(21-13)17-6-2-3-7-17/h11H,2-10,12H2,1H3. The third-order valence-corrected chi connectivity index (χ3v) is 6.66. The molecule has 3 rings (SSSR count). The molecule has 2 saturated heterocycles. The molecule has 0 amide bonds. The lowest BCUT2D eigenvalue weighted by Crippen LogP contribution is -2.34. The van der Waals surface area contributed by atoms with E-state index >= 15 is 0 Å². The summed E-state index contributed by atoms with van der Waals surface area (Å²) < 4.78 is 24.9. The van der Waals surface area contributed by atoms with Gasteiger partial charge in [-0.15, -0.1) is 11.3 Å². The highest BCUT2D eigenvalue weighted by atomic mass is 32.2. The lowest BCUT2D eigenvalue weighted by molar-refractivity contribution is 0.281. The Kier molecular flexibility index (Phi) is 5.01. The highest BCUT2D eigenvalue weighted by molar-refractivity contribution is 7.88. The van der Waals surface area contributed by atoms with Gasteiger partial charge in [-0.3, -0.25) is 4.90 Å². The highest BCUT2D eigenvalue weighted by Crippen LogP contribution is 2.26. The predicted octanol–water partition coefficient (Wildman–Crippen LogP) is 1.21. The smallest absolute Gasteiger partial charge is 0.211 e. The van der Waals surface area contributed by atoms with Gasteiger partial charge in [0.15, 0.2) is 5.13 Å². The molecule has 8 heteroatoms. The van der Waals surface area contributed by atoms with Crippen molar-refractivity contribution in [3.63, 3.8) is 0 Å². The van der Waals surface area contributed by atoms with Crippen LogP contribution in [0.1, 0.15) is 24.1 Å². The summed E-state index contributed by atoms with van der Waals surface area (Å²) in [6, 6.07) is 0. The number of thiazole rings is 1. The van der Waals surface area contributed by atoms with Crippen molar-refractivity contribution in [2.45, 2.75) is 25.8 Å². The quantitative estimate of drug-likeness (QED) is 0.822. The molecule has 2 aliphatic rings. The minimum atomic E-state index is -3.06. The molecule has 0 bridgehead atoms. The average molecular weight is 345 g/mol. The Balaban J connectivity index is 1.57. The summed E-state index contributed by atoms with van der Waals surface area (Å²) in [7, 11) is -3.06. The van der Waals surface area contributed by atoms with Crippen LogP contribution in [0.2, 0.25) is 0 Å². The fraction of sp³-hybridized carbons (Fsp3) is 0.786. The van der Waals surface area contributed by atoms with E-state index in [0.29, 0.717) is 13.1 Å². The monoisotopic (exact) mass is 344 g/mol. The zero-order valence-corrected chi connectivity index (χ0v) is 14.7. The van der Waals surface area contributed by atoms with E-state index in [1.807, 2.05) is 6.20 Å². The first-order valence-corrected chi connectivity index (χ1v) is 10.6. The summed E-state index contributed by atoms with van der Waals surface area (Å²) in [4.78, 5) is 10.5. The summed E-state index contributed by atoms with van der Waals surface area (Å²) in [5, 5.41) is 1.14. The fourth-order valence-corrected chi connectivity index (χ4v) is 4.96. The lowest BCUT2D eigenvalue weighted by atomic mass is 10.4. The van der Waals surface area contributed by atoms with E-state index in [4.69, 9.17) is 0 Å². The SMILES string of the molecule is CS(=O)(=O)N1CCCN(Cc2cnc(N3CCCC3)s2)CC1. The van der Waals surface area contributed by atoms with E-state index in [1.54, 1.807) is 15.6 Å². The Bertz CT molecular complexity index is 596. The van der Waals surface area contributed by atoms with Crippen molar-refractivity contribution in [1.82, 2.24) is 14.2 Å². The average Bonchev–Trinajstić information content (AvgIpc) is 3.06. The second-order valence-electron chi connectivity index (χ2n) is 6.10. The molecule has 3 heterocycles. The van der Waals surface area contributed by atoms with Crippen LogP contribution in [0.25, 0.3) is 0 Å². The minimum absolute atomic E-state index is 0.594. The molecule has 22 heavy (non-hydrogen) atoms. The Labute approximate surface area is 136 Å². The molecular formula is C14H24N4O2S2. The van der Waals surface area contributed by atoms with Crippen molar-refractivity contribution in [3.05, 3.63) is 11.1 Å². The normalized spacial score (nSPS) is 22.1. The molecule has 1 aromatic heterocycles. The Hall–Kier alpha value is -0.700. The molecule has 0 N–H and O–H groups in total. The maximum atomic E-state index is 11.6. The Morgan fingerprint density at radius 3 is 2.59 bits per heavy atom. The molecule has 0 atom stereocenters. The number of nitrogens with zero attached hydrogens (tertiary/aromatic N) is 4. The summed E-state index contributed by atoms with van der Waals surface area (Å²) in [6.07, 6.45) is 6.71. The van der Waals surface area contributed by atoms with Crippen LogP contribution in [0.4, 0.5) is 5.13 Å². The summed E-state index contributed by atoms with van der Waals surface area (Å²) >= 11 is 1.78. The maximum absolute atomic E-state index is 11.6. The first-order valence-electron chi connectivity index (χ1n) is 7.89. The van der Waals surface area contributed by atoms with Crippen LogP contribution < -0.4 is 4.90 Å². The molecule has 6 nitrogen and oxygen atoms in total. The van der Waals surface area contributed by atoms with Crippen LogP contribution in [0.15, 0.2) is 6.20 Å². The van der Waals surface area contributed by atoms with Gasteiger partial charge >= 0.3 is 0 Å². The molecule has 0 aromatic carbocycles. The van der Waals surface area contributed by atoms with Gasteiger partial charge in [0.2, 0.25) is 10.0 Å². The van der Waals surface area contributed by atoms with Crippen molar-refractivity contribution in [3.8, 4) is 0 Å². The number of aromatic nitrogens is 1. The number of hydrogen-bond donors (Lipinski definition) is 0. The van der Waals surface area contributed by atoms with Crippen LogP contribution >= 0.6 is 11.3 Å². The third-order valence-electron chi connectivity index (χ3n) is 4.31. The van der Waals surface area contributed by atoms with Gasteiger partial charge in [-0.05, 0) is 25.8 Å². The van der Waals surface area contributed by atoms with Gasteiger partial charge in [0, 0.05) is 50.3 Å². The zero-order valence-electron chi connectivity index (χ0n) is 13.1. The van der Waals surface area contributed by atoms with Crippen molar-refractivity contribution >= 4 is 26.5 Å². The molecule has 0 radical (unpaired) electrons. The molecule has 0 saturated carbocycles. The number of rotatable bonds is 4. The van der Waals surface area contributed by atoms with Crippen molar-refractivity contribution in [2.24, 2.45) is 0 Å². The van der Waals surface area contributed by atoms with Crippen molar-refractivity contribution in [1.29, 1.82) is 0 Å². The van der Waals surface area contributed by atoms with Gasteiger partial charge in [0.25, 0.3) is 0 Å². The molecule has 0 unspecified atom stereocenters. The van der Waals surface area contributed by atoms with Crippen LogP contribution in [0.5, 0.6) is 0 Å². The van der Waals surface area contributed by atoms with Crippen molar-refractivity contribution in [2.75, 3.05) is 50.4 Å². The van der Waals surface area contributed by atoms with E-state index in [9.17, 15) is 8.42 Å². The Morgan fingerprint density at radius 2 is 1.86 bits per heavy atom. The van der Waals surface area contributed by atoms with Crippen LogP contribution in [0.3, 0.4) is 0 Å².